The quantitative estimate of drug-likeness (QED) is 0.475. The smallest absolute Gasteiger partial charge is 0.191 e. The first kappa shape index (κ1) is 22.9. The molecule has 2 N–H and O–H groups in total. The lowest BCUT2D eigenvalue weighted by Gasteiger charge is -2.21. The van der Waals surface area contributed by atoms with Crippen molar-refractivity contribution in [3.8, 4) is 0 Å². The van der Waals surface area contributed by atoms with E-state index in [0.29, 0.717) is 12.6 Å². The molecule has 0 amide bonds. The topological polar surface area (TPSA) is 52.6 Å². The van der Waals surface area contributed by atoms with Gasteiger partial charge in [-0.3, -0.25) is 0 Å². The average Bonchev–Trinajstić information content (AvgIpc) is 3.06. The van der Waals surface area contributed by atoms with E-state index < -0.39 is 0 Å². The zero-order valence-electron chi connectivity index (χ0n) is 17.9. The Balaban J connectivity index is 2.53. The van der Waals surface area contributed by atoms with Gasteiger partial charge in [0.15, 0.2) is 5.96 Å². The van der Waals surface area contributed by atoms with Gasteiger partial charge in [-0.25, -0.2) is 9.98 Å². The molecule has 0 spiro atoms. The molecule has 1 rings (SSSR count). The number of nitrogens with one attached hydrogen (secondary N) is 2. The largest absolute Gasteiger partial charge is 0.357 e. The third-order valence-electron chi connectivity index (χ3n) is 4.33. The van der Waals surface area contributed by atoms with Gasteiger partial charge in [0.25, 0.3) is 0 Å². The maximum atomic E-state index is 4.73. The second-order valence-corrected chi connectivity index (χ2v) is 8.66. The highest BCUT2D eigenvalue weighted by Crippen LogP contribution is 2.25. The monoisotopic (exact) mass is 381 g/mol. The van der Waals surface area contributed by atoms with Crippen LogP contribution in [0.4, 0.5) is 0 Å². The molecule has 0 aliphatic rings. The molecule has 1 atom stereocenters. The van der Waals surface area contributed by atoms with E-state index in [-0.39, 0.29) is 5.41 Å². The maximum absolute atomic E-state index is 4.73. The Hall–Kier alpha value is -1.14. The molecule has 5 nitrogen and oxygen atoms in total. The van der Waals surface area contributed by atoms with Crippen LogP contribution in [-0.4, -0.2) is 48.1 Å². The summed E-state index contributed by atoms with van der Waals surface area (Å²) in [5.41, 5.74) is 1.15. The predicted molar refractivity (Wildman–Crippen MR) is 115 cm³/mol. The van der Waals surface area contributed by atoms with Crippen LogP contribution in [0.25, 0.3) is 0 Å². The molecular weight excluding hydrogens is 342 g/mol. The van der Waals surface area contributed by atoms with E-state index in [1.165, 1.54) is 18.0 Å². The SMILES string of the molecule is CCNC(=NCc1csc(C(C)(C)C)n1)NC(C)CCCN(CC)CC. The van der Waals surface area contributed by atoms with Crippen LogP contribution >= 0.6 is 11.3 Å². The van der Waals surface area contributed by atoms with Gasteiger partial charge in [0.2, 0.25) is 0 Å². The molecule has 0 radical (unpaired) electrons. The number of aliphatic imine (C=N–C) groups is 1. The maximum Gasteiger partial charge on any atom is 0.191 e. The van der Waals surface area contributed by atoms with E-state index in [1.54, 1.807) is 11.3 Å². The summed E-state index contributed by atoms with van der Waals surface area (Å²) in [4.78, 5) is 11.9. The van der Waals surface area contributed by atoms with Gasteiger partial charge in [0, 0.05) is 23.4 Å². The standard InChI is InChI=1S/C20H39N5S/c1-8-21-19(23-16(4)12-11-13-25(9-2)10-3)22-14-17-15-26-18(24-17)20(5,6)7/h15-16H,8-14H2,1-7H3,(H2,21,22,23). The molecule has 1 aromatic rings. The number of thiazole rings is 1. The lowest BCUT2D eigenvalue weighted by atomic mass is 9.98. The van der Waals surface area contributed by atoms with Gasteiger partial charge in [-0.05, 0) is 46.3 Å². The molecule has 0 saturated heterocycles. The van der Waals surface area contributed by atoms with Crippen molar-refractivity contribution in [1.82, 2.24) is 20.5 Å². The molecule has 1 unspecified atom stereocenters. The molecule has 26 heavy (non-hydrogen) atoms. The van der Waals surface area contributed by atoms with Gasteiger partial charge in [0.05, 0.1) is 17.2 Å². The van der Waals surface area contributed by atoms with Crippen LogP contribution in [-0.2, 0) is 12.0 Å². The van der Waals surface area contributed by atoms with Gasteiger partial charge in [-0.1, -0.05) is 34.6 Å². The molecule has 0 aromatic carbocycles. The van der Waals surface area contributed by atoms with Crippen LogP contribution in [0, 0.1) is 0 Å². The number of hydrogen-bond donors (Lipinski definition) is 2. The molecule has 0 aliphatic carbocycles. The van der Waals surface area contributed by atoms with E-state index in [2.05, 4.69) is 69.4 Å². The van der Waals surface area contributed by atoms with Crippen molar-refractivity contribution < 1.29 is 0 Å². The first-order valence-corrected chi connectivity index (χ1v) is 10.9. The van der Waals surface area contributed by atoms with E-state index in [9.17, 15) is 0 Å². The van der Waals surface area contributed by atoms with Crippen molar-refractivity contribution in [3.63, 3.8) is 0 Å². The summed E-state index contributed by atoms with van der Waals surface area (Å²) in [5.74, 6) is 0.883. The lowest BCUT2D eigenvalue weighted by molar-refractivity contribution is 0.292. The minimum Gasteiger partial charge on any atom is -0.357 e. The fourth-order valence-electron chi connectivity index (χ4n) is 2.67. The van der Waals surface area contributed by atoms with Gasteiger partial charge in [-0.15, -0.1) is 11.3 Å². The molecule has 150 valence electrons. The Morgan fingerprint density at radius 1 is 1.27 bits per heavy atom. The summed E-state index contributed by atoms with van der Waals surface area (Å²) in [6.07, 6.45) is 2.35. The Labute approximate surface area is 164 Å². The predicted octanol–water partition coefficient (Wildman–Crippen LogP) is 4.01. The van der Waals surface area contributed by atoms with Gasteiger partial charge in [-0.2, -0.15) is 0 Å². The summed E-state index contributed by atoms with van der Waals surface area (Å²) >= 11 is 1.73. The van der Waals surface area contributed by atoms with Crippen molar-refractivity contribution >= 4 is 17.3 Å². The van der Waals surface area contributed by atoms with Crippen molar-refractivity contribution in [2.45, 2.75) is 79.3 Å². The van der Waals surface area contributed by atoms with Crippen LogP contribution in [0.5, 0.6) is 0 Å². The molecule has 0 fully saturated rings. The zero-order valence-corrected chi connectivity index (χ0v) is 18.7. The molecule has 0 bridgehead atoms. The molecule has 6 heteroatoms. The summed E-state index contributed by atoms with van der Waals surface area (Å²) in [7, 11) is 0. The van der Waals surface area contributed by atoms with E-state index in [1.807, 2.05) is 0 Å². The zero-order chi connectivity index (χ0) is 19.6. The number of hydrogen-bond acceptors (Lipinski definition) is 4. The number of guanidine groups is 1. The fraction of sp³-hybridized carbons (Fsp3) is 0.800. The van der Waals surface area contributed by atoms with Crippen LogP contribution in [0.1, 0.15) is 72.0 Å². The van der Waals surface area contributed by atoms with Crippen molar-refractivity contribution in [2.75, 3.05) is 26.2 Å². The van der Waals surface area contributed by atoms with E-state index in [4.69, 9.17) is 9.98 Å². The minimum atomic E-state index is 0.106. The third kappa shape index (κ3) is 8.49. The summed E-state index contributed by atoms with van der Waals surface area (Å²) in [6, 6.07) is 0.406. The number of nitrogens with zero attached hydrogens (tertiary/aromatic N) is 3. The lowest BCUT2D eigenvalue weighted by Crippen LogP contribution is -2.42. The highest BCUT2D eigenvalue weighted by molar-refractivity contribution is 7.09. The Kier molecular flexibility index (Phi) is 10.2. The number of rotatable bonds is 10. The minimum absolute atomic E-state index is 0.106. The summed E-state index contributed by atoms with van der Waals surface area (Å²) in [5, 5.41) is 10.2. The second-order valence-electron chi connectivity index (χ2n) is 7.80. The van der Waals surface area contributed by atoms with Crippen LogP contribution in [0.2, 0.25) is 0 Å². The van der Waals surface area contributed by atoms with Crippen LogP contribution in [0.3, 0.4) is 0 Å². The highest BCUT2D eigenvalue weighted by Gasteiger charge is 2.17. The number of aromatic nitrogens is 1. The highest BCUT2D eigenvalue weighted by atomic mass is 32.1. The molecule has 1 aromatic heterocycles. The van der Waals surface area contributed by atoms with Gasteiger partial charge < -0.3 is 15.5 Å². The van der Waals surface area contributed by atoms with Crippen LogP contribution < -0.4 is 10.6 Å². The Bertz CT molecular complexity index is 529. The molecule has 1 heterocycles. The van der Waals surface area contributed by atoms with E-state index in [0.717, 1.165) is 37.7 Å². The summed E-state index contributed by atoms with van der Waals surface area (Å²) < 4.78 is 0. The Morgan fingerprint density at radius 2 is 1.96 bits per heavy atom. The van der Waals surface area contributed by atoms with E-state index >= 15 is 0 Å². The normalized spacial score (nSPS) is 13.9. The van der Waals surface area contributed by atoms with Crippen molar-refractivity contribution in [3.05, 3.63) is 16.1 Å². The third-order valence-corrected chi connectivity index (χ3v) is 5.64. The fourth-order valence-corrected chi connectivity index (χ4v) is 3.57. The second kappa shape index (κ2) is 11.5. The first-order chi connectivity index (χ1) is 12.3. The van der Waals surface area contributed by atoms with Crippen LogP contribution in [0.15, 0.2) is 10.4 Å². The molecular formula is C20H39N5S. The van der Waals surface area contributed by atoms with Gasteiger partial charge in [0.1, 0.15) is 0 Å². The van der Waals surface area contributed by atoms with Gasteiger partial charge >= 0.3 is 0 Å². The summed E-state index contributed by atoms with van der Waals surface area (Å²) in [6.45, 7) is 20.3. The average molecular weight is 382 g/mol. The molecule has 0 aliphatic heterocycles. The van der Waals surface area contributed by atoms with Crippen molar-refractivity contribution in [1.29, 1.82) is 0 Å². The molecule has 0 saturated carbocycles. The Morgan fingerprint density at radius 3 is 2.50 bits per heavy atom. The first-order valence-electron chi connectivity index (χ1n) is 10.0. The van der Waals surface area contributed by atoms with Crippen molar-refractivity contribution in [2.24, 2.45) is 4.99 Å².